The van der Waals surface area contributed by atoms with Crippen molar-refractivity contribution in [3.63, 3.8) is 0 Å². The van der Waals surface area contributed by atoms with Crippen LogP contribution in [0.25, 0.3) is 16.8 Å². The van der Waals surface area contributed by atoms with Gasteiger partial charge in [0.05, 0.1) is 11.1 Å². The maximum atomic E-state index is 12.8. The van der Waals surface area contributed by atoms with Gasteiger partial charge in [0.2, 0.25) is 5.95 Å². The molecule has 0 saturated carbocycles. The standard InChI is InChI=1S/C18H18F3N5O.C2HF3O2/c19-18(20,21)11-5-6-13(15(27)9-11)16-14-4-2-8-26(14)17(25-24-16)23-12-3-1-7-22-10-12;3-2(4,5)1(6)7/h2,4-6,8-9,12,22,27H,1,3,7,10H2,(H,23,25);(H,6,7). The SMILES string of the molecule is O=C(O)C(F)(F)F.Oc1cc(C(F)(F)F)ccc1-c1nnc(NC2CCCNC2)n2cccc12. The van der Waals surface area contributed by atoms with Gasteiger partial charge in [-0.15, -0.1) is 10.2 Å². The Morgan fingerprint density at radius 1 is 1.15 bits per heavy atom. The van der Waals surface area contributed by atoms with Crippen LogP contribution < -0.4 is 10.6 Å². The lowest BCUT2D eigenvalue weighted by Crippen LogP contribution is -2.39. The normalized spacial score (nSPS) is 16.6. The molecule has 3 heterocycles. The molecule has 1 unspecified atom stereocenters. The predicted octanol–water partition coefficient (Wildman–Crippen LogP) is 3.92. The molecule has 0 bridgehead atoms. The number of phenols is 1. The molecular formula is C20H19F6N5O3. The number of carbonyl (C=O) groups is 1. The second-order valence-corrected chi connectivity index (χ2v) is 7.36. The largest absolute Gasteiger partial charge is 0.507 e. The molecule has 4 rings (SSSR count). The molecule has 1 atom stereocenters. The molecule has 1 fully saturated rings. The molecule has 0 aliphatic carbocycles. The number of hydrogen-bond acceptors (Lipinski definition) is 6. The quantitative estimate of drug-likeness (QED) is 0.411. The van der Waals surface area contributed by atoms with Crippen molar-refractivity contribution < 1.29 is 41.4 Å². The summed E-state index contributed by atoms with van der Waals surface area (Å²) in [5.74, 6) is -2.69. The third-order valence-electron chi connectivity index (χ3n) is 4.92. The lowest BCUT2D eigenvalue weighted by Gasteiger charge is -2.24. The molecule has 184 valence electrons. The first-order valence-corrected chi connectivity index (χ1v) is 9.89. The van der Waals surface area contributed by atoms with Crippen LogP contribution in [0.3, 0.4) is 0 Å². The Hall–Kier alpha value is -3.55. The van der Waals surface area contributed by atoms with Gasteiger partial charge in [-0.3, -0.25) is 4.40 Å². The molecule has 0 radical (unpaired) electrons. The molecule has 34 heavy (non-hydrogen) atoms. The van der Waals surface area contributed by atoms with Crippen molar-refractivity contribution in [1.82, 2.24) is 19.9 Å². The molecule has 8 nitrogen and oxygen atoms in total. The minimum absolute atomic E-state index is 0.199. The number of halogens is 6. The fraction of sp³-hybridized carbons (Fsp3) is 0.350. The Bertz CT molecular complexity index is 1160. The summed E-state index contributed by atoms with van der Waals surface area (Å²) in [6.45, 7) is 1.82. The highest BCUT2D eigenvalue weighted by molar-refractivity contribution is 5.81. The van der Waals surface area contributed by atoms with Gasteiger partial charge in [-0.1, -0.05) is 0 Å². The van der Waals surface area contributed by atoms with Crippen LogP contribution in [0.4, 0.5) is 32.3 Å². The van der Waals surface area contributed by atoms with Crippen LogP contribution in [0.5, 0.6) is 5.75 Å². The van der Waals surface area contributed by atoms with Crippen LogP contribution in [0.15, 0.2) is 36.5 Å². The number of anilines is 1. The van der Waals surface area contributed by atoms with E-state index in [1.807, 2.05) is 0 Å². The van der Waals surface area contributed by atoms with Gasteiger partial charge >= 0.3 is 18.3 Å². The number of alkyl halides is 6. The van der Waals surface area contributed by atoms with Crippen molar-refractivity contribution in [2.24, 2.45) is 0 Å². The molecular weight excluding hydrogens is 472 g/mol. The van der Waals surface area contributed by atoms with Gasteiger partial charge in [0.15, 0.2) is 0 Å². The monoisotopic (exact) mass is 491 g/mol. The summed E-state index contributed by atoms with van der Waals surface area (Å²) in [4.78, 5) is 8.90. The van der Waals surface area contributed by atoms with E-state index in [1.165, 1.54) is 6.07 Å². The zero-order valence-electron chi connectivity index (χ0n) is 17.3. The van der Waals surface area contributed by atoms with E-state index in [-0.39, 0.29) is 11.6 Å². The van der Waals surface area contributed by atoms with E-state index in [0.29, 0.717) is 23.2 Å². The van der Waals surface area contributed by atoms with Gasteiger partial charge in [-0.05, 0) is 49.7 Å². The number of benzene rings is 1. The number of nitrogens with one attached hydrogen (secondary N) is 2. The fourth-order valence-electron chi connectivity index (χ4n) is 3.31. The van der Waals surface area contributed by atoms with Gasteiger partial charge in [-0.25, -0.2) is 4.79 Å². The van der Waals surface area contributed by atoms with E-state index >= 15 is 0 Å². The number of nitrogens with zero attached hydrogens (tertiary/aromatic N) is 3. The number of carboxylic acids is 1. The second-order valence-electron chi connectivity index (χ2n) is 7.36. The first-order chi connectivity index (χ1) is 15.9. The van der Waals surface area contributed by atoms with Gasteiger partial charge < -0.3 is 20.8 Å². The Morgan fingerprint density at radius 2 is 1.85 bits per heavy atom. The highest BCUT2D eigenvalue weighted by Gasteiger charge is 2.38. The van der Waals surface area contributed by atoms with E-state index in [9.17, 15) is 31.4 Å². The summed E-state index contributed by atoms with van der Waals surface area (Å²) in [5.41, 5.74) is 0.251. The van der Waals surface area contributed by atoms with Crippen LogP contribution in [0.1, 0.15) is 18.4 Å². The smallest absolute Gasteiger partial charge is 0.490 e. The number of phenolic OH excluding ortho intramolecular Hbond substituents is 1. The third-order valence-corrected chi connectivity index (χ3v) is 4.92. The summed E-state index contributed by atoms with van der Waals surface area (Å²) in [5, 5.41) is 32.3. The van der Waals surface area contributed by atoms with Gasteiger partial charge in [0.25, 0.3) is 0 Å². The van der Waals surface area contributed by atoms with E-state index < -0.39 is 29.6 Å². The van der Waals surface area contributed by atoms with Crippen molar-refractivity contribution in [1.29, 1.82) is 0 Å². The summed E-state index contributed by atoms with van der Waals surface area (Å²) >= 11 is 0. The molecule has 1 aliphatic rings. The highest BCUT2D eigenvalue weighted by Crippen LogP contribution is 2.37. The summed E-state index contributed by atoms with van der Waals surface area (Å²) in [6, 6.07) is 6.66. The maximum absolute atomic E-state index is 12.8. The van der Waals surface area contributed by atoms with Crippen molar-refractivity contribution >= 4 is 17.4 Å². The van der Waals surface area contributed by atoms with Crippen molar-refractivity contribution in [3.05, 3.63) is 42.1 Å². The van der Waals surface area contributed by atoms with Crippen LogP contribution >= 0.6 is 0 Å². The van der Waals surface area contributed by atoms with E-state index in [4.69, 9.17) is 9.90 Å². The third kappa shape index (κ3) is 5.87. The van der Waals surface area contributed by atoms with Crippen LogP contribution in [0.2, 0.25) is 0 Å². The van der Waals surface area contributed by atoms with Gasteiger partial charge in [0, 0.05) is 24.3 Å². The van der Waals surface area contributed by atoms with Crippen molar-refractivity contribution in [2.45, 2.75) is 31.2 Å². The summed E-state index contributed by atoms with van der Waals surface area (Å²) in [7, 11) is 0. The number of aromatic hydroxyl groups is 1. The Labute approximate surface area is 188 Å². The predicted molar refractivity (Wildman–Crippen MR) is 108 cm³/mol. The number of rotatable bonds is 3. The number of aliphatic carboxylic acids is 1. The van der Waals surface area contributed by atoms with E-state index in [1.54, 1.807) is 22.7 Å². The molecule has 3 aromatic rings. The average molecular weight is 491 g/mol. The minimum atomic E-state index is -5.08. The Morgan fingerprint density at radius 3 is 2.41 bits per heavy atom. The molecule has 0 spiro atoms. The lowest BCUT2D eigenvalue weighted by atomic mass is 10.1. The second kappa shape index (κ2) is 9.75. The molecule has 4 N–H and O–H groups in total. The first kappa shape index (κ1) is 25.1. The molecule has 1 aliphatic heterocycles. The molecule has 1 aromatic carbocycles. The number of hydrogen-bond donors (Lipinski definition) is 4. The van der Waals surface area contributed by atoms with Gasteiger partial charge in [-0.2, -0.15) is 26.3 Å². The first-order valence-electron chi connectivity index (χ1n) is 9.89. The molecule has 14 heteroatoms. The molecule has 0 amide bonds. The minimum Gasteiger partial charge on any atom is -0.507 e. The number of piperidine rings is 1. The Balaban J connectivity index is 0.000000406. The fourth-order valence-corrected chi connectivity index (χ4v) is 3.31. The number of carboxylic acid groups (broad SMARTS) is 1. The average Bonchev–Trinajstić information content (AvgIpc) is 3.25. The zero-order chi connectivity index (χ0) is 25.1. The van der Waals surface area contributed by atoms with Gasteiger partial charge in [0.1, 0.15) is 11.4 Å². The van der Waals surface area contributed by atoms with Crippen LogP contribution in [-0.4, -0.2) is 56.1 Å². The zero-order valence-corrected chi connectivity index (χ0v) is 17.3. The topological polar surface area (TPSA) is 112 Å². The van der Waals surface area contributed by atoms with Crippen molar-refractivity contribution in [2.75, 3.05) is 18.4 Å². The van der Waals surface area contributed by atoms with Crippen LogP contribution in [0, 0.1) is 0 Å². The summed E-state index contributed by atoms with van der Waals surface area (Å²) < 4.78 is 72.0. The number of fused-ring (bicyclic) bond motifs is 1. The number of aromatic nitrogens is 3. The molecule has 2 aromatic heterocycles. The highest BCUT2D eigenvalue weighted by atomic mass is 19.4. The van der Waals surface area contributed by atoms with Crippen LogP contribution in [-0.2, 0) is 11.0 Å². The van der Waals surface area contributed by atoms with E-state index in [2.05, 4.69) is 20.8 Å². The molecule has 1 saturated heterocycles. The van der Waals surface area contributed by atoms with E-state index in [0.717, 1.165) is 32.0 Å². The Kier molecular flexibility index (Phi) is 7.19. The van der Waals surface area contributed by atoms with Crippen molar-refractivity contribution in [3.8, 4) is 17.0 Å². The summed E-state index contributed by atoms with van der Waals surface area (Å²) in [6.07, 6.45) is -5.72. The lowest BCUT2D eigenvalue weighted by molar-refractivity contribution is -0.192. The maximum Gasteiger partial charge on any atom is 0.490 e.